The maximum absolute atomic E-state index is 11.9. The van der Waals surface area contributed by atoms with Gasteiger partial charge in [0, 0.05) is 9.90 Å². The summed E-state index contributed by atoms with van der Waals surface area (Å²) >= 11 is 14.4. The van der Waals surface area contributed by atoms with E-state index in [1.807, 2.05) is 6.07 Å². The average Bonchev–Trinajstić information content (AvgIpc) is 3.00. The first-order chi connectivity index (χ1) is 10.1. The zero-order chi connectivity index (χ0) is 14.8. The first-order valence-electron chi connectivity index (χ1n) is 5.91. The van der Waals surface area contributed by atoms with Gasteiger partial charge in [0.2, 0.25) is 0 Å². The fourth-order valence-corrected chi connectivity index (χ4v) is 3.69. The van der Waals surface area contributed by atoms with Gasteiger partial charge >= 0.3 is 0 Å². The Bertz CT molecular complexity index is 751. The van der Waals surface area contributed by atoms with E-state index in [1.165, 1.54) is 23.1 Å². The van der Waals surface area contributed by atoms with Crippen molar-refractivity contribution in [3.05, 3.63) is 55.5 Å². The molecule has 2 aromatic rings. The number of amidine groups is 1. The standard InChI is InChI=1S/C14H8Cl2N2OS2/c15-8-1-3-9(4-2-8)17-14-18-13(19)11(21-14)7-10-5-6-12(16)20-10/h1-7H,(H,17,18,19)/b11-7-. The maximum Gasteiger partial charge on any atom is 0.264 e. The van der Waals surface area contributed by atoms with E-state index in [0.29, 0.717) is 19.4 Å². The van der Waals surface area contributed by atoms with Gasteiger partial charge in [0.05, 0.1) is 14.9 Å². The van der Waals surface area contributed by atoms with Crippen LogP contribution < -0.4 is 5.32 Å². The smallest absolute Gasteiger partial charge is 0.264 e. The Morgan fingerprint density at radius 1 is 1.10 bits per heavy atom. The molecule has 106 valence electrons. The topological polar surface area (TPSA) is 41.5 Å². The third-order valence-corrected chi connectivity index (χ3v) is 4.92. The number of amides is 1. The van der Waals surface area contributed by atoms with Gasteiger partial charge in [-0.25, -0.2) is 4.99 Å². The fourth-order valence-electron chi connectivity index (χ4n) is 1.65. The molecule has 3 nitrogen and oxygen atoms in total. The summed E-state index contributed by atoms with van der Waals surface area (Å²) < 4.78 is 0.695. The number of hydrogen-bond acceptors (Lipinski definition) is 4. The number of aliphatic imine (C=N–C) groups is 1. The van der Waals surface area contributed by atoms with Crippen molar-refractivity contribution in [1.29, 1.82) is 0 Å². The Balaban J connectivity index is 1.81. The van der Waals surface area contributed by atoms with Crippen molar-refractivity contribution in [2.75, 3.05) is 0 Å². The van der Waals surface area contributed by atoms with E-state index in [0.717, 1.165) is 10.6 Å². The lowest BCUT2D eigenvalue weighted by molar-refractivity contribution is -0.115. The Morgan fingerprint density at radius 3 is 2.52 bits per heavy atom. The van der Waals surface area contributed by atoms with Gasteiger partial charge < -0.3 is 5.32 Å². The molecule has 0 aliphatic carbocycles. The molecule has 0 bridgehead atoms. The highest BCUT2D eigenvalue weighted by molar-refractivity contribution is 8.18. The minimum absolute atomic E-state index is 0.155. The molecule has 1 aromatic heterocycles. The lowest BCUT2D eigenvalue weighted by Gasteiger charge is -1.96. The van der Waals surface area contributed by atoms with Crippen LogP contribution in [0.2, 0.25) is 9.36 Å². The summed E-state index contributed by atoms with van der Waals surface area (Å²) in [6.07, 6.45) is 1.81. The van der Waals surface area contributed by atoms with Gasteiger partial charge in [0.1, 0.15) is 0 Å². The monoisotopic (exact) mass is 354 g/mol. The van der Waals surface area contributed by atoms with Crippen LogP contribution in [0.25, 0.3) is 6.08 Å². The van der Waals surface area contributed by atoms with Crippen molar-refractivity contribution in [3.8, 4) is 0 Å². The fraction of sp³-hybridized carbons (Fsp3) is 0. The summed E-state index contributed by atoms with van der Waals surface area (Å²) in [7, 11) is 0. The van der Waals surface area contributed by atoms with Crippen molar-refractivity contribution >= 4 is 69.1 Å². The van der Waals surface area contributed by atoms with E-state index in [4.69, 9.17) is 23.2 Å². The molecule has 1 aliphatic rings. The molecular weight excluding hydrogens is 347 g/mol. The van der Waals surface area contributed by atoms with Crippen LogP contribution in [0.1, 0.15) is 4.88 Å². The number of benzene rings is 1. The first-order valence-corrected chi connectivity index (χ1v) is 8.29. The van der Waals surface area contributed by atoms with Gasteiger partial charge in [-0.05, 0) is 54.2 Å². The number of carbonyl (C=O) groups is 1. The highest BCUT2D eigenvalue weighted by atomic mass is 35.5. The predicted molar refractivity (Wildman–Crippen MR) is 91.6 cm³/mol. The molecular formula is C14H8Cl2N2OS2. The number of thioether (sulfide) groups is 1. The number of thiophene rings is 1. The summed E-state index contributed by atoms with van der Waals surface area (Å²) in [5, 5.41) is 3.94. The van der Waals surface area contributed by atoms with Crippen LogP contribution in [0.4, 0.5) is 5.69 Å². The number of nitrogens with zero attached hydrogens (tertiary/aromatic N) is 1. The molecule has 0 unspecified atom stereocenters. The molecule has 1 aromatic carbocycles. The van der Waals surface area contributed by atoms with Gasteiger partial charge in [-0.1, -0.05) is 23.2 Å². The first kappa shape index (κ1) is 14.7. The van der Waals surface area contributed by atoms with Crippen molar-refractivity contribution in [3.63, 3.8) is 0 Å². The molecule has 0 atom stereocenters. The maximum atomic E-state index is 11.9. The normalized spacial score (nSPS) is 18.5. The van der Waals surface area contributed by atoms with Gasteiger partial charge in [-0.3, -0.25) is 4.79 Å². The zero-order valence-corrected chi connectivity index (χ0v) is 13.6. The van der Waals surface area contributed by atoms with Crippen LogP contribution in [-0.2, 0) is 4.79 Å². The Hall–Kier alpha value is -1.27. The number of nitrogens with one attached hydrogen (secondary N) is 1. The van der Waals surface area contributed by atoms with E-state index < -0.39 is 0 Å². The van der Waals surface area contributed by atoms with Crippen LogP contribution in [0, 0.1) is 0 Å². The van der Waals surface area contributed by atoms with E-state index in [-0.39, 0.29) is 5.91 Å². The van der Waals surface area contributed by atoms with Crippen molar-refractivity contribution in [1.82, 2.24) is 5.32 Å². The molecule has 21 heavy (non-hydrogen) atoms. The molecule has 1 saturated heterocycles. The van der Waals surface area contributed by atoms with Gasteiger partial charge in [0.25, 0.3) is 5.91 Å². The van der Waals surface area contributed by atoms with E-state index >= 15 is 0 Å². The number of hydrogen-bond donors (Lipinski definition) is 1. The lowest BCUT2D eigenvalue weighted by atomic mass is 10.3. The van der Waals surface area contributed by atoms with E-state index in [1.54, 1.807) is 36.4 Å². The van der Waals surface area contributed by atoms with Crippen LogP contribution >= 0.6 is 46.3 Å². The molecule has 1 amide bonds. The summed E-state index contributed by atoms with van der Waals surface area (Å²) in [4.78, 5) is 17.8. The number of carbonyl (C=O) groups excluding carboxylic acids is 1. The van der Waals surface area contributed by atoms with Crippen molar-refractivity contribution < 1.29 is 4.79 Å². The SMILES string of the molecule is O=C1NC(=Nc2ccc(Cl)cc2)S/C1=C\c1ccc(Cl)s1. The molecule has 2 heterocycles. The van der Waals surface area contributed by atoms with Crippen LogP contribution in [-0.4, -0.2) is 11.1 Å². The van der Waals surface area contributed by atoms with Crippen LogP contribution in [0.5, 0.6) is 0 Å². The third kappa shape index (κ3) is 3.68. The van der Waals surface area contributed by atoms with Crippen LogP contribution in [0.3, 0.4) is 0 Å². The van der Waals surface area contributed by atoms with Crippen molar-refractivity contribution in [2.24, 2.45) is 4.99 Å². The average molecular weight is 355 g/mol. The summed E-state index contributed by atoms with van der Waals surface area (Å²) in [5.74, 6) is -0.155. The second kappa shape index (κ2) is 6.23. The molecule has 1 fully saturated rings. The quantitative estimate of drug-likeness (QED) is 0.775. The minimum atomic E-state index is -0.155. The second-order valence-corrected chi connectivity index (χ2v) is 7.31. The predicted octanol–water partition coefficient (Wildman–Crippen LogP) is 4.95. The number of halogens is 2. The Kier molecular flexibility index (Phi) is 4.35. The van der Waals surface area contributed by atoms with E-state index in [9.17, 15) is 4.79 Å². The molecule has 0 saturated carbocycles. The second-order valence-electron chi connectivity index (χ2n) is 4.10. The third-order valence-electron chi connectivity index (χ3n) is 2.58. The summed E-state index contributed by atoms with van der Waals surface area (Å²) in [6.45, 7) is 0. The molecule has 3 rings (SSSR count). The lowest BCUT2D eigenvalue weighted by Crippen LogP contribution is -2.19. The largest absolute Gasteiger partial charge is 0.300 e. The Morgan fingerprint density at radius 2 is 1.86 bits per heavy atom. The molecule has 1 aliphatic heterocycles. The molecule has 0 radical (unpaired) electrons. The number of rotatable bonds is 2. The van der Waals surface area contributed by atoms with Gasteiger partial charge in [-0.15, -0.1) is 11.3 Å². The zero-order valence-electron chi connectivity index (χ0n) is 10.5. The summed E-state index contributed by atoms with van der Waals surface area (Å²) in [6, 6.07) is 10.8. The molecule has 7 heteroatoms. The highest BCUT2D eigenvalue weighted by Gasteiger charge is 2.23. The highest BCUT2D eigenvalue weighted by Crippen LogP contribution is 2.31. The molecule has 1 N–H and O–H groups in total. The Labute approximate surface area is 139 Å². The van der Waals surface area contributed by atoms with Crippen molar-refractivity contribution in [2.45, 2.75) is 0 Å². The van der Waals surface area contributed by atoms with Gasteiger partial charge in [0.15, 0.2) is 5.17 Å². The summed E-state index contributed by atoms with van der Waals surface area (Å²) in [5.41, 5.74) is 0.739. The van der Waals surface area contributed by atoms with Gasteiger partial charge in [-0.2, -0.15) is 0 Å². The van der Waals surface area contributed by atoms with Crippen LogP contribution in [0.15, 0.2) is 46.3 Å². The molecule has 0 spiro atoms. The van der Waals surface area contributed by atoms with E-state index in [2.05, 4.69) is 10.3 Å². The minimum Gasteiger partial charge on any atom is -0.300 e.